The third kappa shape index (κ3) is 4.86. The van der Waals surface area contributed by atoms with Crippen molar-refractivity contribution in [2.45, 2.75) is 6.92 Å². The van der Waals surface area contributed by atoms with Crippen molar-refractivity contribution in [3.8, 4) is 11.5 Å². The number of hydrogen-bond acceptors (Lipinski definition) is 5. The molecule has 0 unspecified atom stereocenters. The van der Waals surface area contributed by atoms with E-state index in [1.54, 1.807) is 55.5 Å². The summed E-state index contributed by atoms with van der Waals surface area (Å²) in [6.07, 6.45) is 0. The third-order valence-corrected chi connectivity index (χ3v) is 3.98. The Labute approximate surface area is 129 Å². The van der Waals surface area contributed by atoms with Crippen molar-refractivity contribution >= 4 is 7.60 Å². The van der Waals surface area contributed by atoms with E-state index in [0.717, 1.165) is 5.82 Å². The second-order valence-electron chi connectivity index (χ2n) is 4.25. The lowest BCUT2D eigenvalue weighted by molar-refractivity contribution is 0.103. The fraction of sp³-hybridized carbons (Fsp3) is 0.125. The van der Waals surface area contributed by atoms with Crippen LogP contribution in [0.3, 0.4) is 0 Å². The first-order valence-electron chi connectivity index (χ1n) is 6.75. The highest BCUT2D eigenvalue weighted by Crippen LogP contribution is 2.50. The van der Waals surface area contributed by atoms with E-state index < -0.39 is 13.5 Å². The number of para-hydroxylation sites is 2. The summed E-state index contributed by atoms with van der Waals surface area (Å²) in [5.41, 5.74) is 0. The van der Waals surface area contributed by atoms with Crippen molar-refractivity contribution in [2.24, 2.45) is 0 Å². The minimum atomic E-state index is -3.79. The van der Waals surface area contributed by atoms with Crippen LogP contribution in [0.15, 0.2) is 72.4 Å². The van der Waals surface area contributed by atoms with Gasteiger partial charge in [0.05, 0.1) is 6.61 Å². The Kier molecular flexibility index (Phi) is 5.50. The van der Waals surface area contributed by atoms with E-state index >= 15 is 0 Å². The van der Waals surface area contributed by atoms with Crippen molar-refractivity contribution in [1.82, 2.24) is 0 Å². The SMILES string of the molecule is CCO/C(O)=C/P(=O)(Oc1ccccc1)Oc1ccccc1. The van der Waals surface area contributed by atoms with Gasteiger partial charge >= 0.3 is 7.60 Å². The standard InChI is InChI=1S/C16H17O5P/c1-2-19-16(17)13-22(18,20-14-9-5-3-6-10-14)21-15-11-7-4-8-12-15/h3-13,17H,2H2,1H3/b16-13+. The quantitative estimate of drug-likeness (QED) is 0.590. The van der Waals surface area contributed by atoms with Crippen LogP contribution in [0.1, 0.15) is 6.92 Å². The summed E-state index contributed by atoms with van der Waals surface area (Å²) in [6, 6.07) is 17.2. The first-order chi connectivity index (χ1) is 10.6. The molecule has 0 aromatic heterocycles. The zero-order valence-electron chi connectivity index (χ0n) is 12.1. The van der Waals surface area contributed by atoms with Crippen LogP contribution in [0.2, 0.25) is 0 Å². The number of aliphatic hydroxyl groups excluding tert-OH is 1. The van der Waals surface area contributed by atoms with Gasteiger partial charge < -0.3 is 18.9 Å². The van der Waals surface area contributed by atoms with Gasteiger partial charge in [-0.1, -0.05) is 36.4 Å². The summed E-state index contributed by atoms with van der Waals surface area (Å²) in [6.45, 7) is 1.93. The molecule has 0 atom stereocenters. The van der Waals surface area contributed by atoms with E-state index in [4.69, 9.17) is 13.8 Å². The minimum absolute atomic E-state index is 0.235. The second-order valence-corrected chi connectivity index (χ2v) is 5.95. The molecule has 1 N–H and O–H groups in total. The summed E-state index contributed by atoms with van der Waals surface area (Å²) < 4.78 is 28.7. The topological polar surface area (TPSA) is 65.0 Å². The molecule has 2 aromatic rings. The average Bonchev–Trinajstić information content (AvgIpc) is 2.49. The molecule has 22 heavy (non-hydrogen) atoms. The molecule has 6 heteroatoms. The van der Waals surface area contributed by atoms with E-state index in [1.165, 1.54) is 0 Å². The number of aliphatic hydroxyl groups is 1. The molecule has 0 aliphatic heterocycles. The molecule has 116 valence electrons. The molecule has 0 bridgehead atoms. The third-order valence-electron chi connectivity index (χ3n) is 2.51. The molecule has 0 aliphatic rings. The maximum atomic E-state index is 12.9. The predicted octanol–water partition coefficient (Wildman–Crippen LogP) is 4.73. The van der Waals surface area contributed by atoms with Gasteiger partial charge in [-0.2, -0.15) is 0 Å². The van der Waals surface area contributed by atoms with Crippen LogP contribution < -0.4 is 9.05 Å². The van der Waals surface area contributed by atoms with Crippen molar-refractivity contribution in [2.75, 3.05) is 6.61 Å². The van der Waals surface area contributed by atoms with Crippen molar-refractivity contribution < 1.29 is 23.5 Å². The molecule has 0 radical (unpaired) electrons. The second kappa shape index (κ2) is 7.57. The summed E-state index contributed by atoms with van der Waals surface area (Å²) in [7, 11) is -3.79. The Morgan fingerprint density at radius 1 is 1.00 bits per heavy atom. The minimum Gasteiger partial charge on any atom is -0.481 e. The van der Waals surface area contributed by atoms with Gasteiger partial charge in [-0.3, -0.25) is 0 Å². The number of ether oxygens (including phenoxy) is 1. The molecule has 0 fully saturated rings. The van der Waals surface area contributed by atoms with Crippen LogP contribution >= 0.6 is 7.60 Å². The normalized spacial score (nSPS) is 11.8. The molecule has 0 saturated carbocycles. The maximum absolute atomic E-state index is 12.9. The van der Waals surface area contributed by atoms with E-state index in [1.807, 2.05) is 12.1 Å². The lowest BCUT2D eigenvalue weighted by Crippen LogP contribution is -2.01. The Morgan fingerprint density at radius 2 is 1.45 bits per heavy atom. The molecule has 2 aromatic carbocycles. The van der Waals surface area contributed by atoms with Gasteiger partial charge in [0.15, 0.2) is 0 Å². The van der Waals surface area contributed by atoms with E-state index in [-0.39, 0.29) is 6.61 Å². The molecule has 0 amide bonds. The van der Waals surface area contributed by atoms with Crippen LogP contribution in [0, 0.1) is 0 Å². The Morgan fingerprint density at radius 3 is 1.86 bits per heavy atom. The zero-order valence-corrected chi connectivity index (χ0v) is 13.0. The molecular weight excluding hydrogens is 303 g/mol. The highest BCUT2D eigenvalue weighted by molar-refractivity contribution is 7.58. The highest BCUT2D eigenvalue weighted by Gasteiger charge is 2.27. The summed E-state index contributed by atoms with van der Waals surface area (Å²) in [5, 5.41) is 9.65. The van der Waals surface area contributed by atoms with E-state index in [0.29, 0.717) is 11.5 Å². The maximum Gasteiger partial charge on any atom is 0.462 e. The van der Waals surface area contributed by atoms with E-state index in [2.05, 4.69) is 0 Å². The van der Waals surface area contributed by atoms with Gasteiger partial charge in [0.2, 0.25) is 0 Å². The Bertz CT molecular complexity index is 609. The van der Waals surface area contributed by atoms with Crippen LogP contribution in [0.25, 0.3) is 0 Å². The van der Waals surface area contributed by atoms with Gasteiger partial charge in [-0.05, 0) is 31.2 Å². The van der Waals surface area contributed by atoms with Crippen molar-refractivity contribution in [3.63, 3.8) is 0 Å². The monoisotopic (exact) mass is 320 g/mol. The zero-order chi connectivity index (χ0) is 15.8. The van der Waals surface area contributed by atoms with Gasteiger partial charge in [-0.25, -0.2) is 4.57 Å². The fourth-order valence-electron chi connectivity index (χ4n) is 1.65. The fourth-order valence-corrected chi connectivity index (χ4v) is 2.97. The molecular formula is C16H17O5P. The molecule has 5 nitrogen and oxygen atoms in total. The molecule has 0 saturated heterocycles. The summed E-state index contributed by atoms with van der Waals surface area (Å²) in [5.74, 6) is 1.18. The van der Waals surface area contributed by atoms with Crippen LogP contribution in [-0.2, 0) is 9.30 Å². The Balaban J connectivity index is 2.27. The van der Waals surface area contributed by atoms with Gasteiger partial charge in [-0.15, -0.1) is 0 Å². The van der Waals surface area contributed by atoms with Gasteiger partial charge in [0.25, 0.3) is 5.95 Å². The highest BCUT2D eigenvalue weighted by atomic mass is 31.2. The van der Waals surface area contributed by atoms with Gasteiger partial charge in [0, 0.05) is 0 Å². The number of hydrogen-bond donors (Lipinski definition) is 1. The van der Waals surface area contributed by atoms with Gasteiger partial charge in [0.1, 0.15) is 17.3 Å². The van der Waals surface area contributed by atoms with Crippen LogP contribution in [-0.4, -0.2) is 11.7 Å². The average molecular weight is 320 g/mol. The summed E-state index contributed by atoms with van der Waals surface area (Å²) in [4.78, 5) is 0. The molecule has 2 rings (SSSR count). The lowest BCUT2D eigenvalue weighted by Gasteiger charge is -2.17. The number of rotatable bonds is 7. The smallest absolute Gasteiger partial charge is 0.462 e. The lowest BCUT2D eigenvalue weighted by atomic mass is 10.3. The molecule has 0 aliphatic carbocycles. The van der Waals surface area contributed by atoms with Crippen LogP contribution in [0.5, 0.6) is 11.5 Å². The Hall–Kier alpha value is -2.39. The van der Waals surface area contributed by atoms with E-state index in [9.17, 15) is 9.67 Å². The molecule has 0 spiro atoms. The van der Waals surface area contributed by atoms with Crippen molar-refractivity contribution in [1.29, 1.82) is 0 Å². The summed E-state index contributed by atoms with van der Waals surface area (Å²) >= 11 is 0. The first kappa shape index (κ1) is 16.0. The first-order valence-corrected chi connectivity index (χ1v) is 8.36. The van der Waals surface area contributed by atoms with Crippen LogP contribution in [0.4, 0.5) is 0 Å². The molecule has 0 heterocycles. The van der Waals surface area contributed by atoms with Crippen molar-refractivity contribution in [3.05, 3.63) is 72.4 Å². The largest absolute Gasteiger partial charge is 0.481 e. The predicted molar refractivity (Wildman–Crippen MR) is 84.1 cm³/mol. The number of benzene rings is 2.